The molecule has 0 bridgehead atoms. The maximum atomic E-state index is 12.9. The van der Waals surface area contributed by atoms with Crippen molar-refractivity contribution in [2.75, 3.05) is 0 Å². The van der Waals surface area contributed by atoms with Gasteiger partial charge in [0.15, 0.2) is 5.69 Å². The van der Waals surface area contributed by atoms with Crippen LogP contribution < -0.4 is 5.56 Å². The van der Waals surface area contributed by atoms with Gasteiger partial charge >= 0.3 is 0 Å². The van der Waals surface area contributed by atoms with Crippen LogP contribution >= 0.6 is 0 Å². The molecule has 1 N–H and O–H groups in total. The van der Waals surface area contributed by atoms with Crippen molar-refractivity contribution < 1.29 is 10.0 Å². The largest absolute Gasteiger partial charge is 0.493 e. The van der Waals surface area contributed by atoms with Crippen molar-refractivity contribution in [3.63, 3.8) is 0 Å². The topological polar surface area (TPSA) is 134 Å². The molecule has 9 heteroatoms. The Balaban J connectivity index is 1.98. The molecule has 30 heavy (non-hydrogen) atoms. The van der Waals surface area contributed by atoms with E-state index in [1.807, 2.05) is 36.4 Å². The SMILES string of the molecule is Cc1c(C#N)c(O)n(CCc2ccccc2)c(=O)c1N=Nc1ccc([N+](=O)[O-])cc1. The Bertz CT molecular complexity index is 1210. The molecular weight excluding hydrogens is 386 g/mol. The fraction of sp³-hybridized carbons (Fsp3) is 0.143. The molecule has 0 saturated carbocycles. The van der Waals surface area contributed by atoms with Crippen LogP contribution in [0.2, 0.25) is 0 Å². The number of nitro groups is 1. The first-order valence-corrected chi connectivity index (χ1v) is 8.99. The Morgan fingerprint density at radius 3 is 2.40 bits per heavy atom. The summed E-state index contributed by atoms with van der Waals surface area (Å²) >= 11 is 0. The lowest BCUT2D eigenvalue weighted by atomic mass is 10.1. The number of nitrogens with zero attached hydrogens (tertiary/aromatic N) is 5. The molecule has 0 atom stereocenters. The Hall–Kier alpha value is -4.32. The second kappa shape index (κ2) is 8.79. The molecule has 0 aliphatic rings. The predicted molar refractivity (Wildman–Crippen MR) is 109 cm³/mol. The third-order valence-electron chi connectivity index (χ3n) is 4.56. The van der Waals surface area contributed by atoms with E-state index in [9.17, 15) is 25.3 Å². The number of non-ortho nitro benzene ring substituents is 1. The fourth-order valence-corrected chi connectivity index (χ4v) is 2.90. The van der Waals surface area contributed by atoms with Gasteiger partial charge in [0.25, 0.3) is 11.2 Å². The maximum absolute atomic E-state index is 12.9. The summed E-state index contributed by atoms with van der Waals surface area (Å²) < 4.78 is 1.10. The Labute approximate surface area is 171 Å². The average Bonchev–Trinajstić information content (AvgIpc) is 2.75. The molecule has 3 rings (SSSR count). The number of aryl methyl sites for hydroxylation is 1. The van der Waals surface area contributed by atoms with Gasteiger partial charge in [-0.05, 0) is 31.0 Å². The second-order valence-corrected chi connectivity index (χ2v) is 6.45. The average molecular weight is 403 g/mol. The van der Waals surface area contributed by atoms with Crippen LogP contribution in [0.3, 0.4) is 0 Å². The number of nitriles is 1. The van der Waals surface area contributed by atoms with Crippen LogP contribution in [0, 0.1) is 28.4 Å². The van der Waals surface area contributed by atoms with E-state index in [1.54, 1.807) is 0 Å². The summed E-state index contributed by atoms with van der Waals surface area (Å²) in [6, 6.07) is 16.7. The molecular formula is C21H17N5O4. The molecule has 1 heterocycles. The lowest BCUT2D eigenvalue weighted by Gasteiger charge is -2.13. The van der Waals surface area contributed by atoms with Crippen LogP contribution in [-0.2, 0) is 13.0 Å². The van der Waals surface area contributed by atoms with Crippen LogP contribution in [0.15, 0.2) is 69.6 Å². The molecule has 0 aliphatic heterocycles. The van der Waals surface area contributed by atoms with Crippen LogP contribution in [-0.4, -0.2) is 14.6 Å². The van der Waals surface area contributed by atoms with E-state index in [4.69, 9.17) is 0 Å². The zero-order chi connectivity index (χ0) is 21.7. The summed E-state index contributed by atoms with van der Waals surface area (Å²) in [5.41, 5.74) is 0.687. The predicted octanol–water partition coefficient (Wildman–Crippen LogP) is 4.30. The summed E-state index contributed by atoms with van der Waals surface area (Å²) in [7, 11) is 0. The first kappa shape index (κ1) is 20.4. The zero-order valence-electron chi connectivity index (χ0n) is 16.0. The van der Waals surface area contributed by atoms with E-state index in [0.717, 1.165) is 10.1 Å². The molecule has 1 aromatic heterocycles. The molecule has 0 saturated heterocycles. The molecule has 3 aromatic rings. The number of aromatic hydroxyl groups is 1. The molecule has 0 radical (unpaired) electrons. The molecule has 150 valence electrons. The van der Waals surface area contributed by atoms with Gasteiger partial charge in [-0.2, -0.15) is 10.4 Å². The van der Waals surface area contributed by atoms with Gasteiger partial charge in [-0.15, -0.1) is 5.11 Å². The smallest absolute Gasteiger partial charge is 0.281 e. The number of rotatable bonds is 6. The number of pyridine rings is 1. The van der Waals surface area contributed by atoms with E-state index >= 15 is 0 Å². The number of azo groups is 1. The van der Waals surface area contributed by atoms with Gasteiger partial charge in [-0.1, -0.05) is 30.3 Å². The summed E-state index contributed by atoms with van der Waals surface area (Å²) in [6.45, 7) is 1.66. The molecule has 0 fully saturated rings. The minimum Gasteiger partial charge on any atom is -0.493 e. The number of aromatic nitrogens is 1. The number of benzene rings is 2. The summed E-state index contributed by atoms with van der Waals surface area (Å²) in [4.78, 5) is 23.1. The van der Waals surface area contributed by atoms with Gasteiger partial charge in [0.05, 0.1) is 10.6 Å². The van der Waals surface area contributed by atoms with Crippen LogP contribution in [0.25, 0.3) is 0 Å². The standard InChI is InChI=1S/C21H17N5O4/c1-14-18(13-22)20(27)25(12-11-15-5-3-2-4-6-15)21(28)19(14)24-23-16-7-9-17(10-8-16)26(29)30/h2-10,27H,11-12H2,1H3. The van der Waals surface area contributed by atoms with Crippen LogP contribution in [0.4, 0.5) is 17.1 Å². The maximum Gasteiger partial charge on any atom is 0.281 e. The van der Waals surface area contributed by atoms with Crippen LogP contribution in [0.5, 0.6) is 5.88 Å². The van der Waals surface area contributed by atoms with E-state index < -0.39 is 16.4 Å². The molecule has 0 amide bonds. The monoisotopic (exact) mass is 403 g/mol. The van der Waals surface area contributed by atoms with Gasteiger partial charge in [-0.3, -0.25) is 19.5 Å². The number of hydrogen-bond donors (Lipinski definition) is 1. The number of hydrogen-bond acceptors (Lipinski definition) is 7. The summed E-state index contributed by atoms with van der Waals surface area (Å²) in [5, 5.41) is 38.5. The van der Waals surface area contributed by atoms with Crippen LogP contribution in [0.1, 0.15) is 16.7 Å². The normalized spacial score (nSPS) is 10.8. The Kier molecular flexibility index (Phi) is 5.98. The Morgan fingerprint density at radius 1 is 1.13 bits per heavy atom. The van der Waals surface area contributed by atoms with Gasteiger partial charge < -0.3 is 5.11 Å². The van der Waals surface area contributed by atoms with E-state index in [2.05, 4.69) is 10.2 Å². The van der Waals surface area contributed by atoms with E-state index in [0.29, 0.717) is 12.1 Å². The number of nitro benzene ring substituents is 1. The first-order chi connectivity index (χ1) is 14.4. The van der Waals surface area contributed by atoms with Crippen molar-refractivity contribution in [3.05, 3.63) is 91.8 Å². The highest BCUT2D eigenvalue weighted by Gasteiger charge is 2.19. The van der Waals surface area contributed by atoms with Gasteiger partial charge in [0.2, 0.25) is 5.88 Å². The van der Waals surface area contributed by atoms with Gasteiger partial charge in [0.1, 0.15) is 11.6 Å². The second-order valence-electron chi connectivity index (χ2n) is 6.45. The molecule has 2 aromatic carbocycles. The highest BCUT2D eigenvalue weighted by atomic mass is 16.6. The van der Waals surface area contributed by atoms with Crippen molar-refractivity contribution in [3.8, 4) is 11.9 Å². The summed E-state index contributed by atoms with van der Waals surface area (Å²) in [6.07, 6.45) is 0.473. The van der Waals surface area contributed by atoms with Crippen molar-refractivity contribution >= 4 is 17.1 Å². The van der Waals surface area contributed by atoms with Crippen molar-refractivity contribution in [1.82, 2.24) is 4.57 Å². The third kappa shape index (κ3) is 4.23. The molecule has 9 nitrogen and oxygen atoms in total. The van der Waals surface area contributed by atoms with Gasteiger partial charge in [0, 0.05) is 24.2 Å². The highest BCUT2D eigenvalue weighted by Crippen LogP contribution is 2.27. The fourth-order valence-electron chi connectivity index (χ4n) is 2.90. The lowest BCUT2D eigenvalue weighted by molar-refractivity contribution is -0.384. The van der Waals surface area contributed by atoms with Crippen molar-refractivity contribution in [1.29, 1.82) is 5.26 Å². The minimum atomic E-state index is -0.578. The first-order valence-electron chi connectivity index (χ1n) is 8.99. The van der Waals surface area contributed by atoms with E-state index in [-0.39, 0.29) is 29.0 Å². The Morgan fingerprint density at radius 2 is 1.80 bits per heavy atom. The molecule has 0 spiro atoms. The van der Waals surface area contributed by atoms with Crippen molar-refractivity contribution in [2.24, 2.45) is 10.2 Å². The highest BCUT2D eigenvalue weighted by molar-refractivity contribution is 5.57. The third-order valence-corrected chi connectivity index (χ3v) is 4.56. The van der Waals surface area contributed by atoms with E-state index in [1.165, 1.54) is 31.2 Å². The minimum absolute atomic E-state index is 0.0553. The van der Waals surface area contributed by atoms with Crippen molar-refractivity contribution in [2.45, 2.75) is 19.9 Å². The summed E-state index contributed by atoms with van der Waals surface area (Å²) in [5.74, 6) is -0.412. The quantitative estimate of drug-likeness (QED) is 0.372. The molecule has 0 aliphatic carbocycles. The van der Waals surface area contributed by atoms with Gasteiger partial charge in [-0.25, -0.2) is 0 Å². The molecule has 0 unspecified atom stereocenters. The zero-order valence-corrected chi connectivity index (χ0v) is 16.0. The lowest BCUT2D eigenvalue weighted by Crippen LogP contribution is -2.22.